The summed E-state index contributed by atoms with van der Waals surface area (Å²) in [6.45, 7) is 5.76. The fraction of sp³-hybridized carbons (Fsp3) is 1.00. The van der Waals surface area contributed by atoms with E-state index in [1.54, 1.807) is 7.05 Å². The second-order valence-electron chi connectivity index (χ2n) is 5.23. The fourth-order valence-electron chi connectivity index (χ4n) is 1.56. The van der Waals surface area contributed by atoms with E-state index in [1.807, 2.05) is 13.8 Å². The molecule has 0 spiro atoms. The van der Waals surface area contributed by atoms with E-state index < -0.39 is 5.41 Å². The molecule has 0 aliphatic rings. The van der Waals surface area contributed by atoms with Gasteiger partial charge >= 0.3 is 0 Å². The third kappa shape index (κ3) is 7.20. The number of nitrogens with zero attached hydrogens (tertiary/aromatic N) is 1. The quantitative estimate of drug-likeness (QED) is 0.462. The van der Waals surface area contributed by atoms with Gasteiger partial charge in [0.1, 0.15) is 0 Å². The van der Waals surface area contributed by atoms with Crippen LogP contribution in [0.2, 0.25) is 0 Å². The minimum absolute atomic E-state index is 0.132. The van der Waals surface area contributed by atoms with Gasteiger partial charge in [0.25, 0.3) is 0 Å². The zero-order valence-electron chi connectivity index (χ0n) is 12.5. The molecule has 0 aliphatic carbocycles. The first-order chi connectivity index (χ1) is 8.92. The SMILES string of the molecule is CCC(C)OCC(C)ON(C)CC(CO)(CO)CO. The van der Waals surface area contributed by atoms with Crippen LogP contribution in [0.1, 0.15) is 27.2 Å². The second kappa shape index (κ2) is 9.63. The minimum Gasteiger partial charge on any atom is -0.396 e. The number of aliphatic hydroxyl groups excluding tert-OH is 3. The predicted octanol–water partition coefficient (Wildman–Crippen LogP) is 0.0167. The average molecular weight is 279 g/mol. The summed E-state index contributed by atoms with van der Waals surface area (Å²) in [5.41, 5.74) is -0.952. The van der Waals surface area contributed by atoms with Crippen LogP contribution in [0.4, 0.5) is 0 Å². The summed E-state index contributed by atoms with van der Waals surface area (Å²) in [6.07, 6.45) is 1.01. The van der Waals surface area contributed by atoms with Gasteiger partial charge in [0, 0.05) is 13.6 Å². The Kier molecular flexibility index (Phi) is 9.51. The summed E-state index contributed by atoms with van der Waals surface area (Å²) >= 11 is 0. The van der Waals surface area contributed by atoms with Crippen molar-refractivity contribution in [2.75, 3.05) is 40.0 Å². The van der Waals surface area contributed by atoms with Crippen LogP contribution < -0.4 is 0 Å². The first-order valence-electron chi connectivity index (χ1n) is 6.75. The number of aliphatic hydroxyl groups is 3. The number of hydrogen-bond acceptors (Lipinski definition) is 6. The molecular formula is C13H29NO5. The topological polar surface area (TPSA) is 82.4 Å². The molecule has 0 amide bonds. The van der Waals surface area contributed by atoms with Gasteiger partial charge in [0.15, 0.2) is 0 Å². The number of ether oxygens (including phenoxy) is 1. The van der Waals surface area contributed by atoms with E-state index in [1.165, 1.54) is 5.06 Å². The van der Waals surface area contributed by atoms with Crippen LogP contribution in [0, 0.1) is 5.41 Å². The highest BCUT2D eigenvalue weighted by Gasteiger charge is 2.30. The largest absolute Gasteiger partial charge is 0.396 e. The molecule has 6 nitrogen and oxygen atoms in total. The van der Waals surface area contributed by atoms with Crippen molar-refractivity contribution in [3.05, 3.63) is 0 Å². The van der Waals surface area contributed by atoms with Gasteiger partial charge in [-0.05, 0) is 20.3 Å². The van der Waals surface area contributed by atoms with Crippen molar-refractivity contribution in [3.8, 4) is 0 Å². The maximum atomic E-state index is 9.24. The first kappa shape index (κ1) is 18.8. The highest BCUT2D eigenvalue weighted by molar-refractivity contribution is 4.78. The molecule has 2 atom stereocenters. The van der Waals surface area contributed by atoms with Crippen LogP contribution >= 0.6 is 0 Å². The molecule has 0 aliphatic heterocycles. The van der Waals surface area contributed by atoms with Crippen LogP contribution in [0.5, 0.6) is 0 Å². The van der Waals surface area contributed by atoms with Gasteiger partial charge < -0.3 is 20.1 Å². The second-order valence-corrected chi connectivity index (χ2v) is 5.23. The smallest absolute Gasteiger partial charge is 0.0998 e. The molecule has 0 saturated heterocycles. The van der Waals surface area contributed by atoms with Gasteiger partial charge in [-0.15, -0.1) is 0 Å². The first-order valence-corrected chi connectivity index (χ1v) is 6.75. The van der Waals surface area contributed by atoms with Gasteiger partial charge in [-0.3, -0.25) is 4.84 Å². The van der Waals surface area contributed by atoms with Crippen LogP contribution in [-0.2, 0) is 9.57 Å². The van der Waals surface area contributed by atoms with Crippen molar-refractivity contribution in [3.63, 3.8) is 0 Å². The standard InChI is InChI=1S/C13H29NO5/c1-5-11(2)18-6-12(3)19-14(4)7-13(8-15,9-16)10-17/h11-12,15-17H,5-10H2,1-4H3. The molecule has 6 heteroatoms. The van der Waals surface area contributed by atoms with Gasteiger partial charge in [-0.1, -0.05) is 6.92 Å². The Morgan fingerprint density at radius 2 is 1.58 bits per heavy atom. The van der Waals surface area contributed by atoms with Crippen LogP contribution in [-0.4, -0.2) is 72.6 Å². The molecule has 0 aromatic rings. The minimum atomic E-state index is -0.952. The highest BCUT2D eigenvalue weighted by Crippen LogP contribution is 2.16. The van der Waals surface area contributed by atoms with Crippen molar-refractivity contribution in [2.24, 2.45) is 5.41 Å². The van der Waals surface area contributed by atoms with E-state index >= 15 is 0 Å². The van der Waals surface area contributed by atoms with E-state index in [4.69, 9.17) is 9.57 Å². The molecule has 0 fully saturated rings. The Hall–Kier alpha value is -0.240. The number of hydroxylamine groups is 2. The molecule has 0 aromatic heterocycles. The Morgan fingerprint density at radius 1 is 1.05 bits per heavy atom. The predicted molar refractivity (Wildman–Crippen MR) is 72.6 cm³/mol. The summed E-state index contributed by atoms with van der Waals surface area (Å²) in [5.74, 6) is 0. The van der Waals surface area contributed by atoms with Crippen molar-refractivity contribution >= 4 is 0 Å². The monoisotopic (exact) mass is 279 g/mol. The van der Waals surface area contributed by atoms with Crippen molar-refractivity contribution < 1.29 is 24.9 Å². The molecular weight excluding hydrogens is 250 g/mol. The molecule has 19 heavy (non-hydrogen) atoms. The van der Waals surface area contributed by atoms with Crippen LogP contribution in [0.15, 0.2) is 0 Å². The van der Waals surface area contributed by atoms with Gasteiger partial charge in [0.2, 0.25) is 0 Å². The Morgan fingerprint density at radius 3 is 2.00 bits per heavy atom. The summed E-state index contributed by atoms with van der Waals surface area (Å²) in [7, 11) is 1.70. The molecule has 0 rings (SSSR count). The Labute approximate surface area is 115 Å². The van der Waals surface area contributed by atoms with Crippen molar-refractivity contribution in [2.45, 2.75) is 39.4 Å². The Bertz CT molecular complexity index is 215. The van der Waals surface area contributed by atoms with Gasteiger partial charge in [-0.2, -0.15) is 5.06 Å². The summed E-state index contributed by atoms with van der Waals surface area (Å²) in [5, 5.41) is 29.2. The van der Waals surface area contributed by atoms with Gasteiger partial charge in [-0.25, -0.2) is 0 Å². The molecule has 3 N–H and O–H groups in total. The lowest BCUT2D eigenvalue weighted by Gasteiger charge is -2.33. The highest BCUT2D eigenvalue weighted by atomic mass is 16.7. The molecule has 0 radical (unpaired) electrons. The van der Waals surface area contributed by atoms with Crippen molar-refractivity contribution in [1.29, 1.82) is 0 Å². The zero-order valence-corrected chi connectivity index (χ0v) is 12.5. The molecule has 116 valence electrons. The van der Waals surface area contributed by atoms with E-state index in [9.17, 15) is 15.3 Å². The molecule has 0 bridgehead atoms. The summed E-state index contributed by atoms with van der Waals surface area (Å²) in [6, 6.07) is 0. The lowest BCUT2D eigenvalue weighted by Crippen LogP contribution is -2.45. The van der Waals surface area contributed by atoms with Crippen LogP contribution in [0.3, 0.4) is 0 Å². The molecule has 0 aromatic carbocycles. The summed E-state index contributed by atoms with van der Waals surface area (Å²) < 4.78 is 5.56. The van der Waals surface area contributed by atoms with E-state index in [0.29, 0.717) is 6.61 Å². The third-order valence-corrected chi connectivity index (χ3v) is 3.11. The number of rotatable bonds is 11. The van der Waals surface area contributed by atoms with E-state index in [2.05, 4.69) is 6.92 Å². The van der Waals surface area contributed by atoms with Crippen LogP contribution in [0.25, 0.3) is 0 Å². The van der Waals surface area contributed by atoms with E-state index in [0.717, 1.165) is 6.42 Å². The van der Waals surface area contributed by atoms with Gasteiger partial charge in [0.05, 0.1) is 44.1 Å². The Balaban J connectivity index is 4.11. The molecule has 0 saturated carbocycles. The zero-order chi connectivity index (χ0) is 14.9. The number of hydrogen-bond donors (Lipinski definition) is 3. The van der Waals surface area contributed by atoms with Crippen molar-refractivity contribution in [1.82, 2.24) is 5.06 Å². The molecule has 0 heterocycles. The summed E-state index contributed by atoms with van der Waals surface area (Å²) in [4.78, 5) is 5.58. The lowest BCUT2D eigenvalue weighted by molar-refractivity contribution is -0.215. The lowest BCUT2D eigenvalue weighted by atomic mass is 9.91. The normalized spacial score (nSPS) is 15.8. The average Bonchev–Trinajstić information content (AvgIpc) is 2.42. The fourth-order valence-corrected chi connectivity index (χ4v) is 1.56. The van der Waals surface area contributed by atoms with E-state index in [-0.39, 0.29) is 38.6 Å². The third-order valence-electron chi connectivity index (χ3n) is 3.11. The molecule has 2 unspecified atom stereocenters. The maximum absolute atomic E-state index is 9.24. The maximum Gasteiger partial charge on any atom is 0.0998 e.